The third kappa shape index (κ3) is 6.12. The minimum atomic E-state index is -0.522. The van der Waals surface area contributed by atoms with Crippen LogP contribution in [-0.4, -0.2) is 38.6 Å². The van der Waals surface area contributed by atoms with Crippen LogP contribution in [0.1, 0.15) is 46.0 Å². The Morgan fingerprint density at radius 3 is 2.53 bits per heavy atom. The highest BCUT2D eigenvalue weighted by molar-refractivity contribution is 5.95. The van der Waals surface area contributed by atoms with E-state index in [2.05, 4.69) is 17.5 Å². The Kier molecular flexibility index (Phi) is 8.02. The fourth-order valence-corrected chi connectivity index (χ4v) is 3.30. The minimum absolute atomic E-state index is 0.131. The standard InChI is InChI=1S/C27H26N2O7/c1-3-4-13-33-21-9-6-19(7-10-21)27(31)36-23-11-5-18(14-24(23)32-2)16-28-29-26(30)20-8-12-22-25(15-20)35-17-34-22/h5-12,14-16H,3-4,13,17H2,1-2H3,(H,29,30)/b28-16+. The van der Waals surface area contributed by atoms with E-state index in [0.717, 1.165) is 12.8 Å². The molecule has 0 aromatic heterocycles. The maximum atomic E-state index is 12.6. The Hall–Kier alpha value is -4.53. The van der Waals surface area contributed by atoms with E-state index >= 15 is 0 Å². The number of nitrogens with zero attached hydrogens (tertiary/aromatic N) is 1. The lowest BCUT2D eigenvalue weighted by Gasteiger charge is -2.10. The average molecular weight is 491 g/mol. The molecular weight excluding hydrogens is 464 g/mol. The molecule has 3 aromatic rings. The van der Waals surface area contributed by atoms with Crippen LogP contribution in [0.4, 0.5) is 0 Å². The largest absolute Gasteiger partial charge is 0.494 e. The third-order valence-corrected chi connectivity index (χ3v) is 5.26. The van der Waals surface area contributed by atoms with Gasteiger partial charge in [0.05, 0.1) is 25.5 Å². The first-order valence-corrected chi connectivity index (χ1v) is 11.4. The van der Waals surface area contributed by atoms with E-state index in [4.69, 9.17) is 23.7 Å². The van der Waals surface area contributed by atoms with E-state index in [1.165, 1.54) is 13.3 Å². The number of methoxy groups -OCH3 is 1. The number of benzene rings is 3. The lowest BCUT2D eigenvalue weighted by atomic mass is 10.2. The summed E-state index contributed by atoms with van der Waals surface area (Å²) in [7, 11) is 1.47. The van der Waals surface area contributed by atoms with Crippen LogP contribution in [0.2, 0.25) is 0 Å². The molecule has 186 valence electrons. The van der Waals surface area contributed by atoms with Crippen molar-refractivity contribution >= 4 is 18.1 Å². The number of ether oxygens (including phenoxy) is 5. The Labute approximate surface area is 208 Å². The summed E-state index contributed by atoms with van der Waals surface area (Å²) in [5.41, 5.74) is 3.87. The van der Waals surface area contributed by atoms with Crippen LogP contribution in [0.15, 0.2) is 65.8 Å². The summed E-state index contributed by atoms with van der Waals surface area (Å²) in [6.07, 6.45) is 3.47. The fourth-order valence-electron chi connectivity index (χ4n) is 3.30. The van der Waals surface area contributed by atoms with Crippen molar-refractivity contribution in [2.24, 2.45) is 5.10 Å². The van der Waals surface area contributed by atoms with Crippen LogP contribution < -0.4 is 29.1 Å². The lowest BCUT2D eigenvalue weighted by Crippen LogP contribution is -2.17. The van der Waals surface area contributed by atoms with E-state index in [9.17, 15) is 9.59 Å². The number of rotatable bonds is 10. The monoisotopic (exact) mass is 490 g/mol. The SMILES string of the molecule is CCCCOc1ccc(C(=O)Oc2ccc(/C=N/NC(=O)c3ccc4c(c3)OCO4)cc2OC)cc1. The van der Waals surface area contributed by atoms with Gasteiger partial charge >= 0.3 is 5.97 Å². The molecule has 9 heteroatoms. The average Bonchev–Trinajstić information content (AvgIpc) is 3.38. The highest BCUT2D eigenvalue weighted by Crippen LogP contribution is 2.32. The molecule has 3 aromatic carbocycles. The zero-order valence-electron chi connectivity index (χ0n) is 20.0. The quantitative estimate of drug-likeness (QED) is 0.146. The number of hydrazone groups is 1. The molecule has 4 rings (SSSR count). The van der Waals surface area contributed by atoms with E-state index in [0.29, 0.717) is 46.3 Å². The maximum Gasteiger partial charge on any atom is 0.343 e. The number of fused-ring (bicyclic) bond motifs is 1. The molecular formula is C27H26N2O7. The van der Waals surface area contributed by atoms with E-state index in [1.807, 2.05) is 0 Å². The van der Waals surface area contributed by atoms with Crippen LogP contribution in [0, 0.1) is 0 Å². The number of esters is 1. The molecule has 0 radical (unpaired) electrons. The number of unbranched alkanes of at least 4 members (excludes halogenated alkanes) is 1. The minimum Gasteiger partial charge on any atom is -0.494 e. The highest BCUT2D eigenvalue weighted by atomic mass is 16.7. The number of hydrogen-bond acceptors (Lipinski definition) is 8. The van der Waals surface area contributed by atoms with Crippen molar-refractivity contribution in [2.45, 2.75) is 19.8 Å². The summed E-state index contributed by atoms with van der Waals surface area (Å²) in [6.45, 7) is 2.86. The molecule has 0 unspecified atom stereocenters. The van der Waals surface area contributed by atoms with Gasteiger partial charge in [-0.15, -0.1) is 0 Å². The van der Waals surface area contributed by atoms with Crippen molar-refractivity contribution in [3.63, 3.8) is 0 Å². The van der Waals surface area contributed by atoms with E-state index in [-0.39, 0.29) is 12.5 Å². The summed E-state index contributed by atoms with van der Waals surface area (Å²) in [6, 6.07) is 16.6. The van der Waals surface area contributed by atoms with Crippen molar-refractivity contribution in [3.8, 4) is 28.7 Å². The Balaban J connectivity index is 1.35. The maximum absolute atomic E-state index is 12.6. The number of carbonyl (C=O) groups is 2. The van der Waals surface area contributed by atoms with E-state index in [1.54, 1.807) is 60.7 Å². The van der Waals surface area contributed by atoms with Crippen LogP contribution in [-0.2, 0) is 0 Å². The second kappa shape index (κ2) is 11.7. The van der Waals surface area contributed by atoms with Gasteiger partial charge in [-0.25, -0.2) is 10.2 Å². The normalized spacial score (nSPS) is 11.8. The van der Waals surface area contributed by atoms with Gasteiger partial charge in [-0.05, 0) is 72.6 Å². The first kappa shape index (κ1) is 24.6. The number of hydrogen-bond donors (Lipinski definition) is 1. The number of nitrogens with one attached hydrogen (secondary N) is 1. The highest BCUT2D eigenvalue weighted by Gasteiger charge is 2.16. The molecule has 9 nitrogen and oxygen atoms in total. The first-order valence-electron chi connectivity index (χ1n) is 11.4. The molecule has 1 heterocycles. The molecule has 0 fully saturated rings. The summed E-state index contributed by atoms with van der Waals surface area (Å²) < 4.78 is 27.0. The van der Waals surface area contributed by atoms with Gasteiger partial charge in [-0.2, -0.15) is 5.10 Å². The molecule has 0 saturated heterocycles. The van der Waals surface area contributed by atoms with Crippen LogP contribution >= 0.6 is 0 Å². The van der Waals surface area contributed by atoms with Gasteiger partial charge in [0, 0.05) is 5.56 Å². The Bertz CT molecular complexity index is 1260. The lowest BCUT2D eigenvalue weighted by molar-refractivity contribution is 0.0729. The summed E-state index contributed by atoms with van der Waals surface area (Å²) >= 11 is 0. The zero-order chi connectivity index (χ0) is 25.3. The number of amides is 1. The molecule has 1 aliphatic heterocycles. The number of carbonyl (C=O) groups excluding carboxylic acids is 2. The first-order chi connectivity index (χ1) is 17.6. The van der Waals surface area contributed by atoms with Crippen molar-refractivity contribution in [1.29, 1.82) is 0 Å². The molecule has 0 atom stereocenters. The zero-order valence-corrected chi connectivity index (χ0v) is 20.0. The van der Waals surface area contributed by atoms with Crippen LogP contribution in [0.25, 0.3) is 0 Å². The molecule has 0 bridgehead atoms. The molecule has 36 heavy (non-hydrogen) atoms. The van der Waals surface area contributed by atoms with Crippen molar-refractivity contribution in [3.05, 3.63) is 77.4 Å². The van der Waals surface area contributed by atoms with Gasteiger partial charge in [0.1, 0.15) is 5.75 Å². The molecule has 1 aliphatic rings. The predicted molar refractivity (Wildman–Crippen MR) is 132 cm³/mol. The molecule has 0 aliphatic carbocycles. The second-order valence-corrected chi connectivity index (χ2v) is 7.79. The van der Waals surface area contributed by atoms with Gasteiger partial charge in [-0.3, -0.25) is 4.79 Å². The van der Waals surface area contributed by atoms with Gasteiger partial charge in [0.2, 0.25) is 6.79 Å². The van der Waals surface area contributed by atoms with Crippen molar-refractivity contribution < 1.29 is 33.3 Å². The molecule has 0 spiro atoms. The third-order valence-electron chi connectivity index (χ3n) is 5.26. The van der Waals surface area contributed by atoms with Crippen molar-refractivity contribution in [1.82, 2.24) is 5.43 Å². The van der Waals surface area contributed by atoms with E-state index < -0.39 is 11.9 Å². The summed E-state index contributed by atoms with van der Waals surface area (Å²) in [4.78, 5) is 24.9. The Morgan fingerprint density at radius 2 is 1.75 bits per heavy atom. The predicted octanol–water partition coefficient (Wildman–Crippen LogP) is 4.59. The summed E-state index contributed by atoms with van der Waals surface area (Å²) in [5.74, 6) is 1.48. The fraction of sp³-hybridized carbons (Fsp3) is 0.222. The smallest absolute Gasteiger partial charge is 0.343 e. The van der Waals surface area contributed by atoms with Gasteiger partial charge < -0.3 is 23.7 Å². The van der Waals surface area contributed by atoms with Gasteiger partial charge in [-0.1, -0.05) is 13.3 Å². The van der Waals surface area contributed by atoms with Crippen molar-refractivity contribution in [2.75, 3.05) is 20.5 Å². The van der Waals surface area contributed by atoms with Gasteiger partial charge in [0.25, 0.3) is 5.91 Å². The summed E-state index contributed by atoms with van der Waals surface area (Å²) in [5, 5.41) is 3.99. The molecule has 0 saturated carbocycles. The van der Waals surface area contributed by atoms with Gasteiger partial charge in [0.15, 0.2) is 23.0 Å². The second-order valence-electron chi connectivity index (χ2n) is 7.79. The van der Waals surface area contributed by atoms with Crippen LogP contribution in [0.3, 0.4) is 0 Å². The molecule has 1 N–H and O–H groups in total. The topological polar surface area (TPSA) is 105 Å². The Morgan fingerprint density at radius 1 is 0.972 bits per heavy atom. The molecule has 1 amide bonds. The van der Waals surface area contributed by atoms with Crippen LogP contribution in [0.5, 0.6) is 28.7 Å².